The van der Waals surface area contributed by atoms with Gasteiger partial charge in [-0.15, -0.1) is 0 Å². The van der Waals surface area contributed by atoms with Crippen LogP contribution in [-0.4, -0.2) is 46.3 Å². The lowest BCUT2D eigenvalue weighted by molar-refractivity contribution is 0.381. The maximum atomic E-state index is 13.2. The van der Waals surface area contributed by atoms with Crippen molar-refractivity contribution in [2.45, 2.75) is 39.3 Å². The van der Waals surface area contributed by atoms with Crippen molar-refractivity contribution < 1.29 is 0 Å². The summed E-state index contributed by atoms with van der Waals surface area (Å²) in [6.07, 6.45) is 1.99. The van der Waals surface area contributed by atoms with Crippen molar-refractivity contribution >= 4 is 5.52 Å². The summed E-state index contributed by atoms with van der Waals surface area (Å²) >= 11 is 0. The molecule has 1 N–H and O–H groups in total. The number of nitrogens with zero attached hydrogens (tertiary/aromatic N) is 4. The van der Waals surface area contributed by atoms with Crippen LogP contribution in [0, 0.1) is 6.92 Å². The zero-order chi connectivity index (χ0) is 20.1. The fourth-order valence-electron chi connectivity index (χ4n) is 3.57. The second-order valence-corrected chi connectivity index (χ2v) is 7.62. The minimum Gasteiger partial charge on any atom is -0.309 e. The number of nitrogens with one attached hydrogen (secondary N) is 1. The van der Waals surface area contributed by atoms with E-state index in [1.165, 1.54) is 4.52 Å². The van der Waals surface area contributed by atoms with Gasteiger partial charge in [-0.05, 0) is 64.6 Å². The highest BCUT2D eigenvalue weighted by atomic mass is 16.1. The Kier molecular flexibility index (Phi) is 6.65. The van der Waals surface area contributed by atoms with Gasteiger partial charge in [-0.3, -0.25) is 4.57 Å². The lowest BCUT2D eigenvalue weighted by Crippen LogP contribution is -2.35. The molecule has 0 radical (unpaired) electrons. The third-order valence-electron chi connectivity index (χ3n) is 5.00. The number of aromatic nitrogens is 3. The molecule has 28 heavy (non-hydrogen) atoms. The number of aryl methyl sites for hydroxylation is 1. The second-order valence-electron chi connectivity index (χ2n) is 7.62. The fraction of sp³-hybridized carbons (Fsp3) is 0.455. The lowest BCUT2D eigenvalue weighted by Gasteiger charge is -2.23. The van der Waals surface area contributed by atoms with Crippen LogP contribution in [0.2, 0.25) is 0 Å². The Hall–Kier alpha value is -2.44. The first-order valence-electron chi connectivity index (χ1n) is 10.0. The van der Waals surface area contributed by atoms with E-state index in [0.717, 1.165) is 48.4 Å². The van der Waals surface area contributed by atoms with Crippen LogP contribution < -0.4 is 11.0 Å². The van der Waals surface area contributed by atoms with Crippen LogP contribution in [0.1, 0.15) is 42.8 Å². The van der Waals surface area contributed by atoms with Crippen LogP contribution >= 0.6 is 0 Å². The molecule has 0 amide bonds. The second kappa shape index (κ2) is 9.17. The number of hydrogen-bond donors (Lipinski definition) is 1. The number of fused-ring (bicyclic) bond motifs is 1. The summed E-state index contributed by atoms with van der Waals surface area (Å²) in [5.74, 6) is 0. The van der Waals surface area contributed by atoms with Gasteiger partial charge in [-0.2, -0.15) is 9.61 Å². The smallest absolute Gasteiger partial charge is 0.309 e. The van der Waals surface area contributed by atoms with Gasteiger partial charge < -0.3 is 10.2 Å². The van der Waals surface area contributed by atoms with Gasteiger partial charge >= 0.3 is 5.69 Å². The molecule has 0 bridgehead atoms. The molecule has 0 saturated carbocycles. The van der Waals surface area contributed by atoms with Crippen molar-refractivity contribution in [3.63, 3.8) is 0 Å². The Labute approximate surface area is 166 Å². The first-order chi connectivity index (χ1) is 13.5. The molecular weight excluding hydrogens is 350 g/mol. The number of rotatable bonds is 9. The van der Waals surface area contributed by atoms with Gasteiger partial charge in [0.05, 0.1) is 17.8 Å². The topological polar surface area (TPSA) is 54.6 Å². The van der Waals surface area contributed by atoms with Gasteiger partial charge in [-0.1, -0.05) is 37.3 Å². The third-order valence-corrected chi connectivity index (χ3v) is 5.00. The average Bonchev–Trinajstić information content (AvgIpc) is 3.05. The van der Waals surface area contributed by atoms with E-state index in [2.05, 4.69) is 54.5 Å². The van der Waals surface area contributed by atoms with E-state index < -0.39 is 0 Å². The zero-order valence-electron chi connectivity index (χ0n) is 17.4. The molecule has 0 aliphatic rings. The maximum Gasteiger partial charge on any atom is 0.349 e. The molecule has 1 atom stereocenters. The Morgan fingerprint density at radius 1 is 1.18 bits per heavy atom. The van der Waals surface area contributed by atoms with Gasteiger partial charge in [-0.25, -0.2) is 4.79 Å². The minimum atomic E-state index is -0.0852. The van der Waals surface area contributed by atoms with Crippen molar-refractivity contribution in [1.29, 1.82) is 0 Å². The van der Waals surface area contributed by atoms with Crippen molar-refractivity contribution in [1.82, 2.24) is 24.4 Å². The Morgan fingerprint density at radius 2 is 1.93 bits per heavy atom. The van der Waals surface area contributed by atoms with E-state index in [0.29, 0.717) is 6.54 Å². The highest BCUT2D eigenvalue weighted by molar-refractivity contribution is 5.48. The first kappa shape index (κ1) is 20.3. The molecule has 2 aromatic heterocycles. The predicted molar refractivity (Wildman–Crippen MR) is 114 cm³/mol. The monoisotopic (exact) mass is 381 g/mol. The van der Waals surface area contributed by atoms with E-state index in [1.807, 2.05) is 35.8 Å². The molecule has 0 aliphatic heterocycles. The van der Waals surface area contributed by atoms with Crippen molar-refractivity contribution in [3.05, 3.63) is 69.9 Å². The third kappa shape index (κ3) is 4.69. The van der Waals surface area contributed by atoms with Gasteiger partial charge in [0.15, 0.2) is 0 Å². The molecule has 6 nitrogen and oxygen atoms in total. The number of benzene rings is 1. The molecule has 6 heteroatoms. The lowest BCUT2D eigenvalue weighted by atomic mass is 10.1. The Bertz CT molecular complexity index is 958. The van der Waals surface area contributed by atoms with Gasteiger partial charge in [0.1, 0.15) is 0 Å². The molecule has 150 valence electrons. The summed E-state index contributed by atoms with van der Waals surface area (Å²) in [5, 5.41) is 8.04. The van der Waals surface area contributed by atoms with Crippen LogP contribution in [0.3, 0.4) is 0 Å². The molecular formula is C22H31N5O. The largest absolute Gasteiger partial charge is 0.349 e. The van der Waals surface area contributed by atoms with E-state index in [9.17, 15) is 4.79 Å². The minimum absolute atomic E-state index is 0.0852. The normalized spacial score (nSPS) is 12.8. The summed E-state index contributed by atoms with van der Waals surface area (Å²) in [5.41, 5.74) is 3.76. The van der Waals surface area contributed by atoms with Gasteiger partial charge in [0, 0.05) is 11.7 Å². The fourth-order valence-corrected chi connectivity index (χ4v) is 3.57. The molecule has 2 heterocycles. The average molecular weight is 382 g/mol. The van der Waals surface area contributed by atoms with Crippen LogP contribution in [-0.2, 0) is 6.54 Å². The molecule has 1 aromatic carbocycles. The molecule has 0 aliphatic carbocycles. The van der Waals surface area contributed by atoms with Crippen molar-refractivity contribution in [2.24, 2.45) is 0 Å². The highest BCUT2D eigenvalue weighted by Gasteiger charge is 2.18. The Morgan fingerprint density at radius 3 is 2.61 bits per heavy atom. The van der Waals surface area contributed by atoms with Crippen molar-refractivity contribution in [3.8, 4) is 0 Å². The van der Waals surface area contributed by atoms with E-state index >= 15 is 0 Å². The van der Waals surface area contributed by atoms with Gasteiger partial charge in [0.25, 0.3) is 0 Å². The van der Waals surface area contributed by atoms with Crippen LogP contribution in [0.5, 0.6) is 0 Å². The maximum absolute atomic E-state index is 13.2. The zero-order valence-corrected chi connectivity index (χ0v) is 17.4. The molecule has 0 saturated heterocycles. The summed E-state index contributed by atoms with van der Waals surface area (Å²) in [7, 11) is 4.18. The predicted octanol–water partition coefficient (Wildman–Crippen LogP) is 2.85. The van der Waals surface area contributed by atoms with E-state index in [4.69, 9.17) is 0 Å². The first-order valence-corrected chi connectivity index (χ1v) is 10.0. The van der Waals surface area contributed by atoms with Crippen LogP contribution in [0.25, 0.3) is 5.52 Å². The van der Waals surface area contributed by atoms with E-state index in [-0.39, 0.29) is 11.7 Å². The van der Waals surface area contributed by atoms with Crippen LogP contribution in [0.15, 0.2) is 47.3 Å². The molecule has 1 unspecified atom stereocenters. The Balaban J connectivity index is 1.97. The quantitative estimate of drug-likeness (QED) is 0.579. The molecule has 3 rings (SSSR count). The molecule has 3 aromatic rings. The summed E-state index contributed by atoms with van der Waals surface area (Å²) in [6, 6.07) is 14.3. The van der Waals surface area contributed by atoms with E-state index in [1.54, 1.807) is 0 Å². The summed E-state index contributed by atoms with van der Waals surface area (Å²) < 4.78 is 3.38. The standard InChI is InChI=1S/C22H31N5O/c1-5-20(23-12-9-13-25(3)4)21-15-19-14-17(2)24-27(19)22(28)26(21)16-18-10-7-6-8-11-18/h6-8,10-11,14-15,20,23H,5,9,12-13,16H2,1-4H3. The number of hydrogen-bond acceptors (Lipinski definition) is 4. The van der Waals surface area contributed by atoms with Crippen molar-refractivity contribution in [2.75, 3.05) is 27.2 Å². The highest BCUT2D eigenvalue weighted by Crippen LogP contribution is 2.19. The summed E-state index contributed by atoms with van der Waals surface area (Å²) in [4.78, 5) is 15.4. The van der Waals surface area contributed by atoms with Crippen LogP contribution in [0.4, 0.5) is 0 Å². The molecule has 0 spiro atoms. The summed E-state index contributed by atoms with van der Waals surface area (Å²) in [6.45, 7) is 6.58. The molecule has 0 fully saturated rings. The van der Waals surface area contributed by atoms with Gasteiger partial charge in [0.2, 0.25) is 0 Å². The SMILES string of the molecule is CCC(NCCCN(C)C)c1cc2cc(C)nn2c(=O)n1Cc1ccccc1.